The maximum atomic E-state index is 5.74. The molecule has 0 saturated carbocycles. The lowest BCUT2D eigenvalue weighted by molar-refractivity contribution is 0.744. The van der Waals surface area contributed by atoms with Crippen LogP contribution in [0.25, 0.3) is 0 Å². The van der Waals surface area contributed by atoms with Crippen LogP contribution in [-0.2, 0) is 12.8 Å². The van der Waals surface area contributed by atoms with Crippen molar-refractivity contribution in [2.75, 3.05) is 0 Å². The van der Waals surface area contributed by atoms with E-state index in [9.17, 15) is 0 Å². The van der Waals surface area contributed by atoms with Crippen LogP contribution in [0.3, 0.4) is 0 Å². The van der Waals surface area contributed by atoms with Crippen LogP contribution >= 0.6 is 46.4 Å². The predicted octanol–water partition coefficient (Wildman–Crippen LogP) is 5.94. The zero-order valence-corrected chi connectivity index (χ0v) is 13.2. The second-order valence-corrected chi connectivity index (χ2v) is 6.89. The SMILES string of the molecule is ClC(Cl)CCCc1ccccc1CCCC(Cl)Cl. The largest absolute Gasteiger partial charge is 0.107 e. The van der Waals surface area contributed by atoms with Crippen LogP contribution in [0, 0.1) is 0 Å². The molecular weight excluding hydrogens is 310 g/mol. The normalized spacial score (nSPS) is 11.4. The molecule has 0 radical (unpaired) electrons. The predicted molar refractivity (Wildman–Crippen MR) is 83.3 cm³/mol. The molecule has 0 aliphatic heterocycles. The van der Waals surface area contributed by atoms with Crippen molar-refractivity contribution in [3.63, 3.8) is 0 Å². The monoisotopic (exact) mass is 326 g/mol. The van der Waals surface area contributed by atoms with E-state index >= 15 is 0 Å². The van der Waals surface area contributed by atoms with Crippen molar-refractivity contribution in [2.45, 2.75) is 48.2 Å². The number of aryl methyl sites for hydroxylation is 2. The minimum Gasteiger partial charge on any atom is -0.105 e. The Balaban J connectivity index is 2.45. The van der Waals surface area contributed by atoms with E-state index in [-0.39, 0.29) is 9.67 Å². The number of hydrogen-bond acceptors (Lipinski definition) is 0. The molecule has 0 aromatic heterocycles. The number of halogens is 4. The molecule has 102 valence electrons. The number of alkyl halides is 4. The summed E-state index contributed by atoms with van der Waals surface area (Å²) in [6, 6.07) is 8.49. The van der Waals surface area contributed by atoms with E-state index in [1.807, 2.05) is 0 Å². The van der Waals surface area contributed by atoms with Gasteiger partial charge in [-0.05, 0) is 49.7 Å². The Kier molecular flexibility index (Phi) is 8.50. The van der Waals surface area contributed by atoms with E-state index in [4.69, 9.17) is 46.4 Å². The molecule has 1 rings (SSSR count). The van der Waals surface area contributed by atoms with Gasteiger partial charge in [0.2, 0.25) is 0 Å². The Hall–Kier alpha value is 0.380. The Morgan fingerprint density at radius 3 is 1.44 bits per heavy atom. The summed E-state index contributed by atoms with van der Waals surface area (Å²) in [5.41, 5.74) is 2.76. The van der Waals surface area contributed by atoms with E-state index in [0.29, 0.717) is 0 Å². The molecule has 0 heterocycles. The second-order valence-electron chi connectivity index (χ2n) is 4.34. The van der Waals surface area contributed by atoms with Crippen LogP contribution in [0.4, 0.5) is 0 Å². The summed E-state index contributed by atoms with van der Waals surface area (Å²) in [4.78, 5) is -0.518. The first-order chi connectivity index (χ1) is 8.59. The van der Waals surface area contributed by atoms with Gasteiger partial charge in [0.1, 0.15) is 9.67 Å². The number of rotatable bonds is 8. The van der Waals surface area contributed by atoms with Gasteiger partial charge in [-0.1, -0.05) is 24.3 Å². The summed E-state index contributed by atoms with van der Waals surface area (Å²) in [7, 11) is 0. The maximum Gasteiger partial charge on any atom is 0.107 e. The zero-order valence-electron chi connectivity index (χ0n) is 10.2. The summed E-state index contributed by atoms with van der Waals surface area (Å²) in [6.07, 6.45) is 5.75. The third kappa shape index (κ3) is 7.09. The fraction of sp³-hybridized carbons (Fsp3) is 0.571. The number of hydrogen-bond donors (Lipinski definition) is 0. The minimum absolute atomic E-state index is 0.259. The van der Waals surface area contributed by atoms with E-state index in [1.165, 1.54) is 11.1 Å². The standard InChI is InChI=1S/C14H18Cl4/c15-13(16)9-3-7-11-5-1-2-6-12(11)8-4-10-14(17)18/h1-2,5-6,13-14H,3-4,7-10H2. The molecule has 1 aromatic rings. The molecule has 0 unspecified atom stereocenters. The highest BCUT2D eigenvalue weighted by Gasteiger charge is 2.05. The molecule has 18 heavy (non-hydrogen) atoms. The zero-order chi connectivity index (χ0) is 13.4. The smallest absolute Gasteiger partial charge is 0.105 e. The van der Waals surface area contributed by atoms with Crippen LogP contribution < -0.4 is 0 Å². The van der Waals surface area contributed by atoms with Crippen molar-refractivity contribution in [1.29, 1.82) is 0 Å². The summed E-state index contributed by atoms with van der Waals surface area (Å²) in [6.45, 7) is 0. The summed E-state index contributed by atoms with van der Waals surface area (Å²) in [5, 5.41) is 0. The minimum atomic E-state index is -0.259. The Labute approximate surface area is 130 Å². The molecule has 0 aliphatic rings. The highest BCUT2D eigenvalue weighted by molar-refractivity contribution is 6.44. The van der Waals surface area contributed by atoms with Crippen molar-refractivity contribution in [1.82, 2.24) is 0 Å². The highest BCUT2D eigenvalue weighted by atomic mass is 35.5. The van der Waals surface area contributed by atoms with Gasteiger partial charge in [0.25, 0.3) is 0 Å². The molecule has 0 nitrogen and oxygen atoms in total. The molecule has 0 bridgehead atoms. The topological polar surface area (TPSA) is 0 Å². The summed E-state index contributed by atoms with van der Waals surface area (Å²) >= 11 is 23.0. The first-order valence-electron chi connectivity index (χ1n) is 6.22. The summed E-state index contributed by atoms with van der Waals surface area (Å²) < 4.78 is 0. The Bertz CT molecular complexity index is 303. The first-order valence-corrected chi connectivity index (χ1v) is 7.97. The lowest BCUT2D eigenvalue weighted by Crippen LogP contribution is -1.98. The Morgan fingerprint density at radius 1 is 0.722 bits per heavy atom. The molecule has 0 spiro atoms. The third-order valence-corrected chi connectivity index (χ3v) is 3.73. The van der Waals surface area contributed by atoms with Gasteiger partial charge in [0, 0.05) is 0 Å². The Morgan fingerprint density at radius 2 is 1.11 bits per heavy atom. The van der Waals surface area contributed by atoms with Gasteiger partial charge >= 0.3 is 0 Å². The highest BCUT2D eigenvalue weighted by Crippen LogP contribution is 2.19. The fourth-order valence-electron chi connectivity index (χ4n) is 1.94. The van der Waals surface area contributed by atoms with Gasteiger partial charge in [0.05, 0.1) is 0 Å². The van der Waals surface area contributed by atoms with Gasteiger partial charge < -0.3 is 0 Å². The van der Waals surface area contributed by atoms with Crippen LogP contribution in [0.5, 0.6) is 0 Å². The second kappa shape index (κ2) is 9.31. The van der Waals surface area contributed by atoms with Crippen LogP contribution in [0.15, 0.2) is 24.3 Å². The molecular formula is C14H18Cl4. The quantitative estimate of drug-likeness (QED) is 0.518. The molecule has 0 atom stereocenters. The van der Waals surface area contributed by atoms with Crippen molar-refractivity contribution < 1.29 is 0 Å². The van der Waals surface area contributed by atoms with Crippen LogP contribution in [0.1, 0.15) is 36.8 Å². The van der Waals surface area contributed by atoms with Crippen molar-refractivity contribution >= 4 is 46.4 Å². The average molecular weight is 328 g/mol. The van der Waals surface area contributed by atoms with Gasteiger partial charge in [-0.15, -0.1) is 46.4 Å². The molecule has 4 heteroatoms. The van der Waals surface area contributed by atoms with Gasteiger partial charge in [0.15, 0.2) is 0 Å². The third-order valence-electron chi connectivity index (χ3n) is 2.86. The average Bonchev–Trinajstić information content (AvgIpc) is 2.30. The van der Waals surface area contributed by atoms with Gasteiger partial charge in [-0.25, -0.2) is 0 Å². The van der Waals surface area contributed by atoms with Crippen molar-refractivity contribution in [3.05, 3.63) is 35.4 Å². The van der Waals surface area contributed by atoms with Crippen LogP contribution in [-0.4, -0.2) is 9.67 Å². The molecule has 0 aliphatic carbocycles. The lowest BCUT2D eigenvalue weighted by Gasteiger charge is -2.10. The van der Waals surface area contributed by atoms with E-state index in [1.54, 1.807) is 0 Å². The fourth-order valence-corrected chi connectivity index (χ4v) is 2.56. The van der Waals surface area contributed by atoms with E-state index in [2.05, 4.69) is 24.3 Å². The lowest BCUT2D eigenvalue weighted by atomic mass is 9.98. The van der Waals surface area contributed by atoms with Crippen LogP contribution in [0.2, 0.25) is 0 Å². The molecule has 0 saturated heterocycles. The van der Waals surface area contributed by atoms with Gasteiger partial charge in [-0.2, -0.15) is 0 Å². The van der Waals surface area contributed by atoms with Crippen molar-refractivity contribution in [2.24, 2.45) is 0 Å². The maximum absolute atomic E-state index is 5.74. The molecule has 0 fully saturated rings. The van der Waals surface area contributed by atoms with E-state index in [0.717, 1.165) is 38.5 Å². The van der Waals surface area contributed by atoms with Crippen molar-refractivity contribution in [3.8, 4) is 0 Å². The molecule has 0 amide bonds. The van der Waals surface area contributed by atoms with E-state index < -0.39 is 0 Å². The van der Waals surface area contributed by atoms with Gasteiger partial charge in [-0.3, -0.25) is 0 Å². The molecule has 1 aromatic carbocycles. The summed E-state index contributed by atoms with van der Waals surface area (Å²) in [5.74, 6) is 0. The first kappa shape index (κ1) is 16.4. The number of benzene rings is 1. The molecule has 0 N–H and O–H groups in total.